The maximum absolute atomic E-state index is 13.2. The SMILES string of the molecule is O=C(N[C@@H]1C[C@@H]2CC[C@@H]1C2)c1cc2ccsc2n1Cc1ccc(F)cc1. The van der Waals surface area contributed by atoms with Crippen molar-refractivity contribution in [1.29, 1.82) is 0 Å². The van der Waals surface area contributed by atoms with Gasteiger partial charge in [-0.05, 0) is 66.3 Å². The predicted octanol–water partition coefficient (Wildman–Crippen LogP) is 4.81. The number of rotatable bonds is 4. The van der Waals surface area contributed by atoms with Gasteiger partial charge >= 0.3 is 0 Å². The summed E-state index contributed by atoms with van der Waals surface area (Å²) < 4.78 is 15.3. The van der Waals surface area contributed by atoms with Crippen molar-refractivity contribution in [2.45, 2.75) is 38.3 Å². The molecule has 5 heteroatoms. The molecule has 3 aromatic rings. The molecule has 2 bridgehead atoms. The summed E-state index contributed by atoms with van der Waals surface area (Å²) in [4.78, 5) is 14.1. The normalized spacial score (nSPS) is 24.4. The van der Waals surface area contributed by atoms with E-state index in [9.17, 15) is 9.18 Å². The molecule has 1 amide bonds. The van der Waals surface area contributed by atoms with E-state index in [1.165, 1.54) is 31.4 Å². The molecule has 2 aliphatic rings. The Balaban J connectivity index is 1.44. The summed E-state index contributed by atoms with van der Waals surface area (Å²) in [7, 11) is 0. The molecule has 0 unspecified atom stereocenters. The highest BCUT2D eigenvalue weighted by Crippen LogP contribution is 2.44. The highest BCUT2D eigenvalue weighted by atomic mass is 32.1. The van der Waals surface area contributed by atoms with Crippen LogP contribution in [0, 0.1) is 17.7 Å². The van der Waals surface area contributed by atoms with Crippen molar-refractivity contribution in [3.63, 3.8) is 0 Å². The van der Waals surface area contributed by atoms with Gasteiger partial charge in [0.25, 0.3) is 5.91 Å². The smallest absolute Gasteiger partial charge is 0.268 e. The lowest BCUT2D eigenvalue weighted by Gasteiger charge is -2.23. The topological polar surface area (TPSA) is 34.0 Å². The van der Waals surface area contributed by atoms with Crippen LogP contribution >= 0.6 is 11.3 Å². The number of fused-ring (bicyclic) bond motifs is 3. The molecule has 0 radical (unpaired) electrons. The van der Waals surface area contributed by atoms with Crippen molar-refractivity contribution >= 4 is 27.5 Å². The molecular formula is C21H21FN2OS. The average molecular weight is 368 g/mol. The van der Waals surface area contributed by atoms with E-state index in [4.69, 9.17) is 0 Å². The number of amides is 1. The number of carbonyl (C=O) groups excluding carboxylic acids is 1. The van der Waals surface area contributed by atoms with Gasteiger partial charge < -0.3 is 9.88 Å². The minimum atomic E-state index is -0.239. The number of thiophene rings is 1. The van der Waals surface area contributed by atoms with Crippen LogP contribution in [0.15, 0.2) is 41.8 Å². The molecule has 0 saturated heterocycles. The van der Waals surface area contributed by atoms with Crippen LogP contribution in [-0.2, 0) is 6.54 Å². The van der Waals surface area contributed by atoms with Gasteiger partial charge in [-0.3, -0.25) is 4.79 Å². The van der Waals surface area contributed by atoms with Crippen molar-refractivity contribution in [1.82, 2.24) is 9.88 Å². The molecule has 1 N–H and O–H groups in total. The number of aromatic nitrogens is 1. The van der Waals surface area contributed by atoms with Crippen molar-refractivity contribution in [2.75, 3.05) is 0 Å². The third-order valence-electron chi connectivity index (χ3n) is 6.04. The summed E-state index contributed by atoms with van der Waals surface area (Å²) in [5, 5.41) is 6.44. The Morgan fingerprint density at radius 1 is 1.19 bits per heavy atom. The summed E-state index contributed by atoms with van der Waals surface area (Å²) in [5.74, 6) is 1.25. The molecule has 2 fully saturated rings. The first-order valence-electron chi connectivity index (χ1n) is 9.29. The first-order valence-corrected chi connectivity index (χ1v) is 10.2. The molecule has 2 saturated carbocycles. The lowest BCUT2D eigenvalue weighted by Crippen LogP contribution is -2.39. The molecule has 2 aromatic heterocycles. The number of benzene rings is 1. The standard InChI is InChI=1S/C21H21FN2OS/c22-17-5-2-13(3-6-17)12-24-19(11-16-7-8-26-21(16)24)20(25)23-18-10-14-1-4-15(18)9-14/h2-3,5-8,11,14-15,18H,1,4,9-10,12H2,(H,23,25)/t14-,15-,18-/m1/s1. The van der Waals surface area contributed by atoms with Crippen molar-refractivity contribution < 1.29 is 9.18 Å². The molecule has 3 nitrogen and oxygen atoms in total. The van der Waals surface area contributed by atoms with E-state index in [1.807, 2.05) is 11.4 Å². The summed E-state index contributed by atoms with van der Waals surface area (Å²) in [5.41, 5.74) is 1.70. The third-order valence-corrected chi connectivity index (χ3v) is 7.00. The van der Waals surface area contributed by atoms with Crippen LogP contribution in [0.25, 0.3) is 10.2 Å². The van der Waals surface area contributed by atoms with E-state index >= 15 is 0 Å². The second-order valence-electron chi connectivity index (χ2n) is 7.68. The quantitative estimate of drug-likeness (QED) is 0.705. The van der Waals surface area contributed by atoms with Gasteiger partial charge in [0.2, 0.25) is 0 Å². The van der Waals surface area contributed by atoms with Gasteiger partial charge in [0, 0.05) is 18.0 Å². The van der Waals surface area contributed by atoms with Gasteiger partial charge in [0.15, 0.2) is 0 Å². The van der Waals surface area contributed by atoms with E-state index in [0.717, 1.165) is 28.1 Å². The van der Waals surface area contributed by atoms with Crippen LogP contribution in [0.1, 0.15) is 41.7 Å². The van der Waals surface area contributed by atoms with Gasteiger partial charge in [-0.25, -0.2) is 4.39 Å². The maximum atomic E-state index is 13.2. The van der Waals surface area contributed by atoms with Crippen molar-refractivity contribution in [2.24, 2.45) is 11.8 Å². The summed E-state index contributed by atoms with van der Waals surface area (Å²) >= 11 is 1.64. The minimum absolute atomic E-state index is 0.0214. The molecule has 2 aliphatic carbocycles. The number of nitrogens with zero attached hydrogens (tertiary/aromatic N) is 1. The monoisotopic (exact) mass is 368 g/mol. The second-order valence-corrected chi connectivity index (χ2v) is 8.57. The average Bonchev–Trinajstić information content (AvgIpc) is 3.39. The van der Waals surface area contributed by atoms with Crippen LogP contribution in [-0.4, -0.2) is 16.5 Å². The molecule has 3 atom stereocenters. The predicted molar refractivity (Wildman–Crippen MR) is 102 cm³/mol. The molecule has 26 heavy (non-hydrogen) atoms. The number of hydrogen-bond acceptors (Lipinski definition) is 2. The highest BCUT2D eigenvalue weighted by Gasteiger charge is 2.40. The Kier molecular flexibility index (Phi) is 3.85. The van der Waals surface area contributed by atoms with Crippen LogP contribution in [0.3, 0.4) is 0 Å². The zero-order valence-electron chi connectivity index (χ0n) is 14.5. The van der Waals surface area contributed by atoms with Crippen LogP contribution < -0.4 is 5.32 Å². The number of nitrogens with one attached hydrogen (secondary N) is 1. The Morgan fingerprint density at radius 2 is 2.04 bits per heavy atom. The Bertz CT molecular complexity index is 958. The van der Waals surface area contributed by atoms with Gasteiger partial charge in [0.05, 0.1) is 0 Å². The fourth-order valence-electron chi connectivity index (χ4n) is 4.76. The zero-order chi connectivity index (χ0) is 17.7. The van der Waals surface area contributed by atoms with E-state index in [1.54, 1.807) is 23.5 Å². The summed E-state index contributed by atoms with van der Waals surface area (Å²) in [6.07, 6.45) is 4.98. The molecule has 134 valence electrons. The van der Waals surface area contributed by atoms with E-state index < -0.39 is 0 Å². The van der Waals surface area contributed by atoms with Gasteiger partial charge in [0.1, 0.15) is 16.3 Å². The van der Waals surface area contributed by atoms with E-state index in [-0.39, 0.29) is 11.7 Å². The zero-order valence-corrected chi connectivity index (χ0v) is 15.3. The fraction of sp³-hybridized carbons (Fsp3) is 0.381. The van der Waals surface area contributed by atoms with E-state index in [0.29, 0.717) is 24.2 Å². The Labute approximate surface area is 155 Å². The van der Waals surface area contributed by atoms with Crippen molar-refractivity contribution in [3.05, 3.63) is 58.9 Å². The lowest BCUT2D eigenvalue weighted by atomic mass is 9.95. The highest BCUT2D eigenvalue weighted by molar-refractivity contribution is 7.16. The maximum Gasteiger partial charge on any atom is 0.268 e. The third kappa shape index (κ3) is 2.75. The van der Waals surface area contributed by atoms with Gasteiger partial charge in [-0.15, -0.1) is 11.3 Å². The lowest BCUT2D eigenvalue weighted by molar-refractivity contribution is 0.0914. The number of halogens is 1. The van der Waals surface area contributed by atoms with Crippen LogP contribution in [0.4, 0.5) is 4.39 Å². The molecule has 1 aromatic carbocycles. The molecule has 0 spiro atoms. The minimum Gasteiger partial charge on any atom is -0.348 e. The first kappa shape index (κ1) is 16.1. The fourth-order valence-corrected chi connectivity index (χ4v) is 5.65. The largest absolute Gasteiger partial charge is 0.348 e. The first-order chi connectivity index (χ1) is 12.7. The molecule has 5 rings (SSSR count). The van der Waals surface area contributed by atoms with Gasteiger partial charge in [-0.1, -0.05) is 18.6 Å². The second kappa shape index (κ2) is 6.23. The van der Waals surface area contributed by atoms with Crippen LogP contribution in [0.5, 0.6) is 0 Å². The molecular weight excluding hydrogens is 347 g/mol. The molecule has 0 aliphatic heterocycles. The number of hydrogen-bond donors (Lipinski definition) is 1. The Morgan fingerprint density at radius 3 is 2.77 bits per heavy atom. The summed E-state index contributed by atoms with van der Waals surface area (Å²) in [6, 6.07) is 10.9. The van der Waals surface area contributed by atoms with Crippen molar-refractivity contribution in [3.8, 4) is 0 Å². The van der Waals surface area contributed by atoms with Crippen LogP contribution in [0.2, 0.25) is 0 Å². The molecule has 2 heterocycles. The van der Waals surface area contributed by atoms with Gasteiger partial charge in [-0.2, -0.15) is 0 Å². The Hall–Kier alpha value is -2.14. The summed E-state index contributed by atoms with van der Waals surface area (Å²) in [6.45, 7) is 0.573. The number of carbonyl (C=O) groups is 1. The van der Waals surface area contributed by atoms with E-state index in [2.05, 4.69) is 16.0 Å².